The van der Waals surface area contributed by atoms with Gasteiger partial charge in [-0.25, -0.2) is 8.42 Å². The van der Waals surface area contributed by atoms with E-state index in [0.29, 0.717) is 12.1 Å². The van der Waals surface area contributed by atoms with Crippen LogP contribution in [0.3, 0.4) is 0 Å². The van der Waals surface area contributed by atoms with E-state index in [9.17, 15) is 13.2 Å². The van der Waals surface area contributed by atoms with Crippen LogP contribution in [0.4, 0.5) is 11.4 Å². The molecule has 2 saturated heterocycles. The third-order valence-corrected chi connectivity index (χ3v) is 8.79. The summed E-state index contributed by atoms with van der Waals surface area (Å²) in [6.07, 6.45) is 4.24. The molecule has 0 radical (unpaired) electrons. The van der Waals surface area contributed by atoms with Crippen LogP contribution < -0.4 is 10.2 Å². The Morgan fingerprint density at radius 3 is 2.53 bits per heavy atom. The molecule has 0 spiro atoms. The van der Waals surface area contributed by atoms with E-state index >= 15 is 0 Å². The van der Waals surface area contributed by atoms with Crippen LogP contribution in [0.2, 0.25) is 0 Å². The van der Waals surface area contributed by atoms with Crippen LogP contribution in [-0.4, -0.2) is 48.7 Å². The summed E-state index contributed by atoms with van der Waals surface area (Å²) < 4.78 is 25.8. The van der Waals surface area contributed by atoms with Crippen molar-refractivity contribution in [1.29, 1.82) is 0 Å². The molecule has 0 aliphatic carbocycles. The lowest BCUT2D eigenvalue weighted by Crippen LogP contribution is -2.29. The molecule has 2 aliphatic heterocycles. The molecular formula is C23H26N4O3S2. The van der Waals surface area contributed by atoms with Gasteiger partial charge in [0.2, 0.25) is 0 Å². The van der Waals surface area contributed by atoms with Crippen molar-refractivity contribution in [3.05, 3.63) is 53.5 Å². The number of amides is 1. The number of piperidine rings is 1. The summed E-state index contributed by atoms with van der Waals surface area (Å²) in [7, 11) is -3.06. The van der Waals surface area contributed by atoms with Crippen molar-refractivity contribution >= 4 is 38.5 Å². The lowest BCUT2D eigenvalue weighted by Gasteiger charge is -2.28. The van der Waals surface area contributed by atoms with Crippen molar-refractivity contribution in [1.82, 2.24) is 9.78 Å². The molecule has 7 nitrogen and oxygen atoms in total. The van der Waals surface area contributed by atoms with Gasteiger partial charge in [0.1, 0.15) is 0 Å². The third kappa shape index (κ3) is 4.45. The summed E-state index contributed by atoms with van der Waals surface area (Å²) in [6.45, 7) is 2.15. The second kappa shape index (κ2) is 8.71. The maximum Gasteiger partial charge on any atom is 0.276 e. The van der Waals surface area contributed by atoms with E-state index in [1.54, 1.807) is 22.1 Å². The van der Waals surface area contributed by atoms with Crippen molar-refractivity contribution in [3.8, 4) is 10.6 Å². The van der Waals surface area contributed by atoms with Crippen LogP contribution in [-0.2, 0) is 9.84 Å². The predicted octanol–water partition coefficient (Wildman–Crippen LogP) is 4.21. The molecule has 168 valence electrons. The smallest absolute Gasteiger partial charge is 0.276 e. The van der Waals surface area contributed by atoms with Crippen LogP contribution in [0.25, 0.3) is 10.6 Å². The van der Waals surface area contributed by atoms with Gasteiger partial charge in [0.25, 0.3) is 5.91 Å². The number of nitrogens with one attached hydrogen (secondary N) is 1. The highest BCUT2D eigenvalue weighted by molar-refractivity contribution is 7.91. The zero-order chi connectivity index (χ0) is 22.1. The molecule has 1 atom stereocenters. The van der Waals surface area contributed by atoms with Crippen molar-refractivity contribution in [2.24, 2.45) is 0 Å². The number of nitrogens with zero attached hydrogens (tertiary/aromatic N) is 3. The van der Waals surface area contributed by atoms with E-state index in [-0.39, 0.29) is 29.1 Å². The number of hydrogen-bond acceptors (Lipinski definition) is 6. The summed E-state index contributed by atoms with van der Waals surface area (Å²) in [4.78, 5) is 16.3. The van der Waals surface area contributed by atoms with Gasteiger partial charge in [-0.15, -0.1) is 11.3 Å². The molecule has 2 fully saturated rings. The highest BCUT2D eigenvalue weighted by Crippen LogP contribution is 2.32. The number of carbonyl (C=O) groups is 1. The summed E-state index contributed by atoms with van der Waals surface area (Å²) in [5, 5.41) is 9.43. The zero-order valence-electron chi connectivity index (χ0n) is 17.7. The monoisotopic (exact) mass is 470 g/mol. The van der Waals surface area contributed by atoms with Crippen molar-refractivity contribution in [2.75, 3.05) is 34.8 Å². The standard InChI is InChI=1S/C23H26N4O3S2/c28-23(24-17-6-8-18(9-7-17)26-11-2-1-3-12-26)20-15-21(22-5-4-13-31-22)27(25-20)19-10-14-32(29,30)16-19/h4-9,13,15,19H,1-3,10-12,14,16H2,(H,24,28)/t19-/m1/s1. The van der Waals surface area contributed by atoms with E-state index in [1.165, 1.54) is 24.9 Å². The average Bonchev–Trinajstić information content (AvgIpc) is 3.54. The molecule has 0 unspecified atom stereocenters. The first-order chi connectivity index (χ1) is 15.5. The average molecular weight is 471 g/mol. The van der Waals surface area contributed by atoms with Gasteiger partial charge in [0.05, 0.1) is 28.1 Å². The number of hydrogen-bond donors (Lipinski definition) is 1. The molecule has 2 aliphatic rings. The quantitative estimate of drug-likeness (QED) is 0.604. The Morgan fingerprint density at radius 1 is 1.09 bits per heavy atom. The Kier molecular flexibility index (Phi) is 5.77. The SMILES string of the molecule is O=C(Nc1ccc(N2CCCCC2)cc1)c1cc(-c2cccs2)n([C@@H]2CCS(=O)(=O)C2)n1. The minimum atomic E-state index is -3.06. The van der Waals surface area contributed by atoms with Gasteiger partial charge >= 0.3 is 0 Å². The van der Waals surface area contributed by atoms with E-state index in [4.69, 9.17) is 0 Å². The Hall–Kier alpha value is -2.65. The minimum absolute atomic E-state index is 0.0616. The molecule has 1 N–H and O–H groups in total. The molecule has 1 aromatic carbocycles. The highest BCUT2D eigenvalue weighted by Gasteiger charge is 2.32. The molecule has 2 aromatic heterocycles. The lowest BCUT2D eigenvalue weighted by atomic mass is 10.1. The van der Waals surface area contributed by atoms with Crippen LogP contribution in [0.1, 0.15) is 42.2 Å². The Morgan fingerprint density at radius 2 is 1.88 bits per heavy atom. The number of anilines is 2. The van der Waals surface area contributed by atoms with Crippen LogP contribution in [0.15, 0.2) is 47.8 Å². The molecule has 4 heterocycles. The first-order valence-electron chi connectivity index (χ1n) is 11.0. The number of benzene rings is 1. The summed E-state index contributed by atoms with van der Waals surface area (Å²) in [6, 6.07) is 13.3. The first kappa shape index (κ1) is 21.2. The molecule has 1 amide bonds. The minimum Gasteiger partial charge on any atom is -0.372 e. The number of thiophene rings is 1. The number of carbonyl (C=O) groups excluding carboxylic acids is 1. The van der Waals surface area contributed by atoms with Gasteiger partial charge in [-0.2, -0.15) is 5.10 Å². The maximum absolute atomic E-state index is 13.0. The predicted molar refractivity (Wildman–Crippen MR) is 128 cm³/mol. The van der Waals surface area contributed by atoms with E-state index < -0.39 is 9.84 Å². The Balaban J connectivity index is 1.36. The molecule has 9 heteroatoms. The summed E-state index contributed by atoms with van der Waals surface area (Å²) in [5.41, 5.74) is 2.96. The topological polar surface area (TPSA) is 84.3 Å². The molecule has 32 heavy (non-hydrogen) atoms. The number of aromatic nitrogens is 2. The molecule has 0 bridgehead atoms. The summed E-state index contributed by atoms with van der Waals surface area (Å²) in [5.74, 6) is -0.0774. The van der Waals surface area contributed by atoms with Crippen LogP contribution in [0, 0.1) is 0 Å². The van der Waals surface area contributed by atoms with Gasteiger partial charge in [-0.05, 0) is 67.5 Å². The van der Waals surface area contributed by atoms with E-state index in [1.807, 2.05) is 41.8 Å². The molecule has 5 rings (SSSR count). The highest BCUT2D eigenvalue weighted by atomic mass is 32.2. The van der Waals surface area contributed by atoms with Gasteiger partial charge in [-0.1, -0.05) is 6.07 Å². The van der Waals surface area contributed by atoms with Gasteiger partial charge in [-0.3, -0.25) is 9.48 Å². The summed E-state index contributed by atoms with van der Waals surface area (Å²) >= 11 is 1.55. The molecule has 0 saturated carbocycles. The largest absolute Gasteiger partial charge is 0.372 e. The van der Waals surface area contributed by atoms with Gasteiger partial charge < -0.3 is 10.2 Å². The number of rotatable bonds is 5. The van der Waals surface area contributed by atoms with Crippen LogP contribution in [0.5, 0.6) is 0 Å². The fraction of sp³-hybridized carbons (Fsp3) is 0.391. The fourth-order valence-corrected chi connectivity index (χ4v) is 6.89. The van der Waals surface area contributed by atoms with Crippen LogP contribution >= 0.6 is 11.3 Å². The Labute approximate surface area is 192 Å². The van der Waals surface area contributed by atoms with Crippen molar-refractivity contribution < 1.29 is 13.2 Å². The van der Waals surface area contributed by atoms with Crippen molar-refractivity contribution in [3.63, 3.8) is 0 Å². The second-order valence-corrected chi connectivity index (χ2v) is 11.6. The second-order valence-electron chi connectivity index (χ2n) is 8.44. The normalized spacial score (nSPS) is 20.4. The zero-order valence-corrected chi connectivity index (χ0v) is 19.4. The molecular weight excluding hydrogens is 444 g/mol. The maximum atomic E-state index is 13.0. The fourth-order valence-electron chi connectivity index (χ4n) is 4.46. The van der Waals surface area contributed by atoms with Gasteiger partial charge in [0.15, 0.2) is 15.5 Å². The molecule has 3 aromatic rings. The first-order valence-corrected chi connectivity index (χ1v) is 13.7. The third-order valence-electron chi connectivity index (χ3n) is 6.14. The van der Waals surface area contributed by atoms with E-state index in [2.05, 4.69) is 15.3 Å². The lowest BCUT2D eigenvalue weighted by molar-refractivity contribution is 0.102. The van der Waals surface area contributed by atoms with Crippen molar-refractivity contribution in [2.45, 2.75) is 31.7 Å². The van der Waals surface area contributed by atoms with E-state index in [0.717, 1.165) is 23.7 Å². The number of sulfone groups is 1. The Bertz CT molecular complexity index is 1190. The van der Waals surface area contributed by atoms with Gasteiger partial charge in [0, 0.05) is 24.5 Å².